The Kier molecular flexibility index (Phi) is 6.84. The number of hydrogen-bond donors (Lipinski definition) is 1. The summed E-state index contributed by atoms with van der Waals surface area (Å²) in [6, 6.07) is 14.0. The quantitative estimate of drug-likeness (QED) is 0.434. The van der Waals surface area contributed by atoms with Gasteiger partial charge >= 0.3 is 5.97 Å². The van der Waals surface area contributed by atoms with Crippen LogP contribution in [-0.2, 0) is 27.2 Å². The first-order chi connectivity index (χ1) is 13.6. The molecule has 2 aromatic rings. The predicted octanol–water partition coefficient (Wildman–Crippen LogP) is 3.24. The summed E-state index contributed by atoms with van der Waals surface area (Å²) in [4.78, 5) is 23.6. The number of aryl methyl sites for hydroxylation is 2. The highest BCUT2D eigenvalue weighted by atomic mass is 16.5. The molecule has 0 aromatic heterocycles. The summed E-state index contributed by atoms with van der Waals surface area (Å²) < 4.78 is 10.6. The van der Waals surface area contributed by atoms with Crippen molar-refractivity contribution in [3.05, 3.63) is 70.8 Å². The molecular weight excluding hydrogens is 354 g/mol. The minimum atomic E-state index is -0.425. The Balaban J connectivity index is 1.31. The molecule has 5 nitrogen and oxygen atoms in total. The number of carbonyl (C=O) groups is 2. The van der Waals surface area contributed by atoms with Gasteiger partial charge in [-0.3, -0.25) is 4.79 Å². The van der Waals surface area contributed by atoms with Crippen molar-refractivity contribution in [1.82, 2.24) is 5.32 Å². The van der Waals surface area contributed by atoms with Gasteiger partial charge in [0.05, 0.1) is 13.2 Å². The van der Waals surface area contributed by atoms with Gasteiger partial charge in [-0.15, -0.1) is 0 Å². The molecule has 0 unspecified atom stereocenters. The molecule has 1 N–H and O–H groups in total. The normalized spacial score (nSPS) is 12.5. The Labute approximate surface area is 165 Å². The molecule has 0 radical (unpaired) electrons. The lowest BCUT2D eigenvalue weighted by Crippen LogP contribution is -2.28. The molecule has 0 fully saturated rings. The first-order valence-electron chi connectivity index (χ1n) is 9.53. The van der Waals surface area contributed by atoms with Crippen LogP contribution in [0, 0.1) is 6.92 Å². The highest BCUT2D eigenvalue weighted by Crippen LogP contribution is 2.26. The van der Waals surface area contributed by atoms with Crippen LogP contribution in [0.3, 0.4) is 0 Å². The molecule has 5 heteroatoms. The number of hydrogen-bond acceptors (Lipinski definition) is 4. The van der Waals surface area contributed by atoms with E-state index < -0.39 is 5.97 Å². The largest absolute Gasteiger partial charge is 0.493 e. The number of rotatable bonds is 8. The van der Waals surface area contributed by atoms with Crippen molar-refractivity contribution < 1.29 is 19.1 Å². The van der Waals surface area contributed by atoms with E-state index in [1.807, 2.05) is 49.4 Å². The third-order valence-electron chi connectivity index (χ3n) is 4.56. The highest BCUT2D eigenvalue weighted by Gasteiger charge is 2.11. The minimum Gasteiger partial charge on any atom is -0.493 e. The summed E-state index contributed by atoms with van der Waals surface area (Å²) in [5.74, 6) is 0.441. The number of amides is 1. The fourth-order valence-electron chi connectivity index (χ4n) is 2.97. The maximum atomic E-state index is 11.9. The fraction of sp³-hybridized carbons (Fsp3) is 0.304. The summed E-state index contributed by atoms with van der Waals surface area (Å²) in [6.45, 7) is 3.20. The zero-order valence-corrected chi connectivity index (χ0v) is 16.1. The van der Waals surface area contributed by atoms with Crippen LogP contribution in [0.2, 0.25) is 0 Å². The zero-order chi connectivity index (χ0) is 19.8. The van der Waals surface area contributed by atoms with Gasteiger partial charge in [-0.2, -0.15) is 0 Å². The van der Waals surface area contributed by atoms with Gasteiger partial charge in [0.15, 0.2) is 0 Å². The SMILES string of the molecule is Cc1ccc(CCC(=O)NCCOC(=O)/C=C/c2ccc3c(c2)CCO3)cc1. The standard InChI is InChI=1S/C23H25NO4/c1-17-2-4-18(5-3-17)7-10-22(25)24-13-15-28-23(26)11-8-19-6-9-21-20(16-19)12-14-27-21/h2-6,8-9,11,16H,7,10,12-15H2,1H3,(H,24,25)/b11-8+. The molecule has 0 saturated carbocycles. The molecule has 3 rings (SSSR count). The van der Waals surface area contributed by atoms with E-state index in [9.17, 15) is 9.59 Å². The summed E-state index contributed by atoms with van der Waals surface area (Å²) in [5, 5.41) is 2.77. The maximum Gasteiger partial charge on any atom is 0.330 e. The molecule has 146 valence electrons. The molecule has 0 spiro atoms. The van der Waals surface area contributed by atoms with Gasteiger partial charge in [-0.1, -0.05) is 35.9 Å². The second kappa shape index (κ2) is 9.74. The first kappa shape index (κ1) is 19.7. The third kappa shape index (κ3) is 5.98. The van der Waals surface area contributed by atoms with E-state index in [1.165, 1.54) is 11.6 Å². The lowest BCUT2D eigenvalue weighted by molar-refractivity contribution is -0.138. The monoisotopic (exact) mass is 379 g/mol. The average molecular weight is 379 g/mol. The number of fused-ring (bicyclic) bond motifs is 1. The Morgan fingerprint density at radius 2 is 2.00 bits per heavy atom. The van der Waals surface area contributed by atoms with E-state index in [0.29, 0.717) is 26.0 Å². The molecule has 1 aliphatic heterocycles. The van der Waals surface area contributed by atoms with Gasteiger partial charge in [0.2, 0.25) is 5.91 Å². The van der Waals surface area contributed by atoms with Crippen LogP contribution in [0.15, 0.2) is 48.5 Å². The summed E-state index contributed by atoms with van der Waals surface area (Å²) in [7, 11) is 0. The van der Waals surface area contributed by atoms with Crippen LogP contribution < -0.4 is 10.1 Å². The van der Waals surface area contributed by atoms with Crippen LogP contribution in [0.1, 0.15) is 28.7 Å². The van der Waals surface area contributed by atoms with Crippen molar-refractivity contribution >= 4 is 18.0 Å². The van der Waals surface area contributed by atoms with Gasteiger partial charge in [-0.05, 0) is 48.2 Å². The number of carbonyl (C=O) groups excluding carboxylic acids is 2. The predicted molar refractivity (Wildman–Crippen MR) is 108 cm³/mol. The number of nitrogens with one attached hydrogen (secondary N) is 1. The molecule has 28 heavy (non-hydrogen) atoms. The van der Waals surface area contributed by atoms with E-state index in [1.54, 1.807) is 6.08 Å². The van der Waals surface area contributed by atoms with Gasteiger partial charge in [0.1, 0.15) is 12.4 Å². The zero-order valence-electron chi connectivity index (χ0n) is 16.1. The van der Waals surface area contributed by atoms with E-state index in [-0.39, 0.29) is 12.5 Å². The van der Waals surface area contributed by atoms with Crippen LogP contribution in [0.25, 0.3) is 6.08 Å². The van der Waals surface area contributed by atoms with E-state index in [2.05, 4.69) is 5.32 Å². The molecule has 0 aliphatic carbocycles. The van der Waals surface area contributed by atoms with Crippen LogP contribution in [-0.4, -0.2) is 31.6 Å². The summed E-state index contributed by atoms with van der Waals surface area (Å²) in [5.41, 5.74) is 4.43. The lowest BCUT2D eigenvalue weighted by Gasteiger charge is -2.06. The number of esters is 1. The Bertz CT molecular complexity index is 855. The second-order valence-corrected chi connectivity index (χ2v) is 6.80. The summed E-state index contributed by atoms with van der Waals surface area (Å²) >= 11 is 0. The maximum absolute atomic E-state index is 11.9. The molecule has 0 bridgehead atoms. The summed E-state index contributed by atoms with van der Waals surface area (Å²) in [6.07, 6.45) is 5.13. The van der Waals surface area contributed by atoms with Crippen LogP contribution in [0.5, 0.6) is 5.75 Å². The first-order valence-corrected chi connectivity index (χ1v) is 9.53. The van der Waals surface area contributed by atoms with Gasteiger partial charge in [0.25, 0.3) is 0 Å². The minimum absolute atomic E-state index is 0.0486. The highest BCUT2D eigenvalue weighted by molar-refractivity contribution is 5.87. The molecule has 2 aromatic carbocycles. The van der Waals surface area contributed by atoms with Gasteiger partial charge < -0.3 is 14.8 Å². The Morgan fingerprint density at radius 1 is 1.18 bits per heavy atom. The van der Waals surface area contributed by atoms with Gasteiger partial charge in [-0.25, -0.2) is 4.79 Å². The van der Waals surface area contributed by atoms with Crippen molar-refractivity contribution in [1.29, 1.82) is 0 Å². The van der Waals surface area contributed by atoms with Crippen molar-refractivity contribution in [2.75, 3.05) is 19.8 Å². The van der Waals surface area contributed by atoms with Crippen molar-refractivity contribution in [3.63, 3.8) is 0 Å². The number of benzene rings is 2. The Morgan fingerprint density at radius 3 is 2.82 bits per heavy atom. The molecule has 1 heterocycles. The molecule has 1 amide bonds. The number of ether oxygens (including phenoxy) is 2. The van der Waals surface area contributed by atoms with Crippen molar-refractivity contribution in [3.8, 4) is 5.75 Å². The van der Waals surface area contributed by atoms with Crippen molar-refractivity contribution in [2.45, 2.75) is 26.2 Å². The van der Waals surface area contributed by atoms with Crippen LogP contribution in [0.4, 0.5) is 0 Å². The Hall–Kier alpha value is -3.08. The van der Waals surface area contributed by atoms with E-state index in [0.717, 1.165) is 28.9 Å². The smallest absolute Gasteiger partial charge is 0.330 e. The van der Waals surface area contributed by atoms with E-state index in [4.69, 9.17) is 9.47 Å². The van der Waals surface area contributed by atoms with Gasteiger partial charge in [0, 0.05) is 18.9 Å². The van der Waals surface area contributed by atoms with Crippen molar-refractivity contribution in [2.24, 2.45) is 0 Å². The molecule has 0 atom stereocenters. The van der Waals surface area contributed by atoms with E-state index >= 15 is 0 Å². The third-order valence-corrected chi connectivity index (χ3v) is 4.56. The molecule has 1 aliphatic rings. The van der Waals surface area contributed by atoms with Crippen LogP contribution >= 0.6 is 0 Å². The topological polar surface area (TPSA) is 64.6 Å². The second-order valence-electron chi connectivity index (χ2n) is 6.80. The fourth-order valence-corrected chi connectivity index (χ4v) is 2.97. The molecule has 0 saturated heterocycles. The lowest BCUT2D eigenvalue weighted by atomic mass is 10.1. The average Bonchev–Trinajstić information content (AvgIpc) is 3.17. The molecular formula is C23H25NO4.